The van der Waals surface area contributed by atoms with E-state index in [9.17, 15) is 9.59 Å². The fourth-order valence-electron chi connectivity index (χ4n) is 1.77. The minimum atomic E-state index is -0.293. The zero-order valence-corrected chi connectivity index (χ0v) is 12.5. The van der Waals surface area contributed by atoms with Gasteiger partial charge in [0.25, 0.3) is 11.8 Å². The fourth-order valence-corrected chi connectivity index (χ4v) is 2.57. The third kappa shape index (κ3) is 1.89. The van der Waals surface area contributed by atoms with Gasteiger partial charge in [0.15, 0.2) is 0 Å². The van der Waals surface area contributed by atoms with Crippen molar-refractivity contribution in [1.29, 1.82) is 0 Å². The number of hydrogen-bond donors (Lipinski definition) is 0. The molecule has 0 spiro atoms. The highest BCUT2D eigenvalue weighted by molar-refractivity contribution is 9.10. The highest BCUT2D eigenvalue weighted by Crippen LogP contribution is 2.35. The van der Waals surface area contributed by atoms with Crippen LogP contribution in [-0.2, 0) is 9.59 Å². The van der Waals surface area contributed by atoms with E-state index in [1.54, 1.807) is 26.0 Å². The van der Waals surface area contributed by atoms with E-state index in [1.165, 1.54) is 0 Å². The lowest BCUT2D eigenvalue weighted by Gasteiger charge is -2.17. The van der Waals surface area contributed by atoms with Crippen LogP contribution >= 0.6 is 27.5 Å². The zero-order chi connectivity index (χ0) is 13.6. The second kappa shape index (κ2) is 4.52. The predicted octanol–water partition coefficient (Wildman–Crippen LogP) is 3.62. The molecule has 1 heterocycles. The van der Waals surface area contributed by atoms with E-state index in [0.717, 1.165) is 10.5 Å². The summed E-state index contributed by atoms with van der Waals surface area (Å²) in [4.78, 5) is 25.3. The summed E-state index contributed by atoms with van der Waals surface area (Å²) < 4.78 is 0.675. The minimum absolute atomic E-state index is 0.293. The molecule has 0 atom stereocenters. The molecule has 0 aliphatic carbocycles. The van der Waals surface area contributed by atoms with Crippen molar-refractivity contribution < 1.29 is 9.59 Å². The molecule has 5 heteroatoms. The number of carbonyl (C=O) groups excluding carboxylic acids is 2. The Labute approximate surface area is 119 Å². The van der Waals surface area contributed by atoms with Gasteiger partial charge in [0.05, 0.1) is 5.69 Å². The van der Waals surface area contributed by atoms with Crippen molar-refractivity contribution in [3.8, 4) is 0 Å². The van der Waals surface area contributed by atoms with E-state index < -0.39 is 0 Å². The summed E-state index contributed by atoms with van der Waals surface area (Å²) in [6.07, 6.45) is 0. The maximum absolute atomic E-state index is 12.1. The molecule has 0 saturated carbocycles. The molecule has 1 aromatic carbocycles. The number of imide groups is 1. The first kappa shape index (κ1) is 13.3. The van der Waals surface area contributed by atoms with Gasteiger partial charge in [0.2, 0.25) is 0 Å². The summed E-state index contributed by atoms with van der Waals surface area (Å²) >= 11 is 9.41. The van der Waals surface area contributed by atoms with Gasteiger partial charge in [0, 0.05) is 20.6 Å². The van der Waals surface area contributed by atoms with Crippen LogP contribution < -0.4 is 4.90 Å². The SMILES string of the molecule is CC1=C(C)C(=O)N(c2cc(Cl)c(C)cc2Br)C1=O. The normalized spacial score (nSPS) is 15.9. The lowest BCUT2D eigenvalue weighted by molar-refractivity contribution is -0.120. The summed E-state index contributed by atoms with van der Waals surface area (Å²) in [5.41, 5.74) is 2.32. The minimum Gasteiger partial charge on any atom is -0.269 e. The van der Waals surface area contributed by atoms with Crippen LogP contribution in [0.1, 0.15) is 19.4 Å². The number of aryl methyl sites for hydroxylation is 1. The molecule has 0 radical (unpaired) electrons. The highest BCUT2D eigenvalue weighted by atomic mass is 79.9. The number of anilines is 1. The van der Waals surface area contributed by atoms with E-state index in [0.29, 0.717) is 26.3 Å². The predicted molar refractivity (Wildman–Crippen MR) is 74.8 cm³/mol. The van der Waals surface area contributed by atoms with Crippen LogP contribution in [0, 0.1) is 6.92 Å². The van der Waals surface area contributed by atoms with Gasteiger partial charge in [-0.1, -0.05) is 11.6 Å². The Morgan fingerprint density at radius 2 is 1.56 bits per heavy atom. The van der Waals surface area contributed by atoms with Crippen LogP contribution in [0.15, 0.2) is 27.8 Å². The van der Waals surface area contributed by atoms with Crippen molar-refractivity contribution in [2.75, 3.05) is 4.90 Å². The van der Waals surface area contributed by atoms with Gasteiger partial charge in [-0.15, -0.1) is 0 Å². The second-order valence-electron chi connectivity index (χ2n) is 4.25. The van der Waals surface area contributed by atoms with Gasteiger partial charge in [0.1, 0.15) is 0 Å². The van der Waals surface area contributed by atoms with Crippen molar-refractivity contribution >= 4 is 45.0 Å². The van der Waals surface area contributed by atoms with Crippen LogP contribution in [0.2, 0.25) is 5.02 Å². The average molecular weight is 329 g/mol. The molecule has 0 aromatic heterocycles. The van der Waals surface area contributed by atoms with Crippen LogP contribution in [0.25, 0.3) is 0 Å². The van der Waals surface area contributed by atoms with Crippen LogP contribution in [0.3, 0.4) is 0 Å². The summed E-state index contributed by atoms with van der Waals surface area (Å²) in [6, 6.07) is 3.42. The number of rotatable bonds is 1. The standard InChI is InChI=1S/C13H11BrClNO2/c1-6-4-9(14)11(5-10(6)15)16-12(17)7(2)8(3)13(16)18/h4-5H,1-3H3. The van der Waals surface area contributed by atoms with Crippen LogP contribution in [-0.4, -0.2) is 11.8 Å². The molecule has 1 aliphatic rings. The van der Waals surface area contributed by atoms with E-state index in [-0.39, 0.29) is 11.8 Å². The smallest absolute Gasteiger partial charge is 0.261 e. The maximum Gasteiger partial charge on any atom is 0.261 e. The molecule has 18 heavy (non-hydrogen) atoms. The first-order valence-corrected chi connectivity index (χ1v) is 6.53. The van der Waals surface area contributed by atoms with Crippen molar-refractivity contribution in [2.45, 2.75) is 20.8 Å². The molecular weight excluding hydrogens is 318 g/mol. The third-order valence-electron chi connectivity index (χ3n) is 3.08. The second-order valence-corrected chi connectivity index (χ2v) is 5.51. The Hall–Kier alpha value is -1.13. The summed E-state index contributed by atoms with van der Waals surface area (Å²) in [5.74, 6) is -0.587. The van der Waals surface area contributed by atoms with Crippen molar-refractivity contribution in [2.24, 2.45) is 0 Å². The van der Waals surface area contributed by atoms with Gasteiger partial charge in [-0.3, -0.25) is 9.59 Å². The zero-order valence-electron chi connectivity index (χ0n) is 10.2. The molecule has 2 amide bonds. The number of nitrogens with zero attached hydrogens (tertiary/aromatic N) is 1. The molecule has 3 nitrogen and oxygen atoms in total. The van der Waals surface area contributed by atoms with Crippen LogP contribution in [0.5, 0.6) is 0 Å². The molecule has 94 valence electrons. The number of hydrogen-bond acceptors (Lipinski definition) is 2. The number of amides is 2. The Balaban J connectivity index is 2.56. The molecule has 0 bridgehead atoms. The topological polar surface area (TPSA) is 37.4 Å². The quantitative estimate of drug-likeness (QED) is 0.738. The first-order chi connectivity index (χ1) is 8.34. The van der Waals surface area contributed by atoms with E-state index in [2.05, 4.69) is 15.9 Å². The summed E-state index contributed by atoms with van der Waals surface area (Å²) in [6.45, 7) is 5.16. The Bertz CT molecular complexity index is 583. The maximum atomic E-state index is 12.1. The molecule has 1 aliphatic heterocycles. The largest absolute Gasteiger partial charge is 0.269 e. The number of halogens is 2. The molecular formula is C13H11BrClNO2. The molecule has 0 saturated heterocycles. The average Bonchev–Trinajstić information content (AvgIpc) is 2.50. The van der Waals surface area contributed by atoms with Crippen molar-refractivity contribution in [3.05, 3.63) is 38.3 Å². The van der Waals surface area contributed by atoms with Gasteiger partial charge < -0.3 is 0 Å². The van der Waals surface area contributed by atoms with Crippen molar-refractivity contribution in [3.63, 3.8) is 0 Å². The van der Waals surface area contributed by atoms with E-state index in [1.807, 2.05) is 6.92 Å². The first-order valence-electron chi connectivity index (χ1n) is 5.36. The fraction of sp³-hybridized carbons (Fsp3) is 0.231. The Morgan fingerprint density at radius 1 is 1.06 bits per heavy atom. The van der Waals surface area contributed by atoms with Crippen molar-refractivity contribution in [1.82, 2.24) is 0 Å². The summed E-state index contributed by atoms with van der Waals surface area (Å²) in [5, 5.41) is 0.524. The molecule has 1 aromatic rings. The Kier molecular flexibility index (Phi) is 3.34. The summed E-state index contributed by atoms with van der Waals surface area (Å²) in [7, 11) is 0. The molecule has 0 N–H and O–H groups in total. The van der Waals surface area contributed by atoms with Gasteiger partial charge in [-0.2, -0.15) is 0 Å². The molecule has 2 rings (SSSR count). The third-order valence-corrected chi connectivity index (χ3v) is 4.12. The lowest BCUT2D eigenvalue weighted by Crippen LogP contribution is -2.31. The number of benzene rings is 1. The Morgan fingerprint density at radius 3 is 2.06 bits per heavy atom. The van der Waals surface area contributed by atoms with Gasteiger partial charge >= 0.3 is 0 Å². The van der Waals surface area contributed by atoms with Gasteiger partial charge in [-0.25, -0.2) is 4.90 Å². The highest BCUT2D eigenvalue weighted by Gasteiger charge is 2.35. The lowest BCUT2D eigenvalue weighted by atomic mass is 10.2. The van der Waals surface area contributed by atoms with Gasteiger partial charge in [-0.05, 0) is 54.4 Å². The van der Waals surface area contributed by atoms with E-state index in [4.69, 9.17) is 11.6 Å². The molecule has 0 fully saturated rings. The monoisotopic (exact) mass is 327 g/mol. The number of carbonyl (C=O) groups is 2. The van der Waals surface area contributed by atoms with Crippen LogP contribution in [0.4, 0.5) is 5.69 Å². The molecule has 0 unspecified atom stereocenters. The van der Waals surface area contributed by atoms with E-state index >= 15 is 0 Å².